The van der Waals surface area contributed by atoms with E-state index in [0.717, 1.165) is 44.0 Å². The first kappa shape index (κ1) is 18.0. The monoisotopic (exact) mass is 308 g/mol. The Morgan fingerprint density at radius 3 is 2.14 bits per heavy atom. The van der Waals surface area contributed by atoms with Crippen LogP contribution in [0.25, 0.3) is 0 Å². The fourth-order valence-electron chi connectivity index (χ4n) is 4.24. The Balaban J connectivity index is 1.60. The molecule has 0 aromatic heterocycles. The molecule has 2 fully saturated rings. The normalized spacial score (nSPS) is 33.4. The van der Waals surface area contributed by atoms with E-state index in [-0.39, 0.29) is 0 Å². The SMILES string of the molecule is CC=CCO[C@H]1CC[C@H]([C@H]2CC[C@H](COCCC)CC2)CC1. The van der Waals surface area contributed by atoms with Gasteiger partial charge in [-0.25, -0.2) is 0 Å². The summed E-state index contributed by atoms with van der Waals surface area (Å²) in [6.07, 6.45) is 16.9. The van der Waals surface area contributed by atoms with Gasteiger partial charge < -0.3 is 9.47 Å². The van der Waals surface area contributed by atoms with Gasteiger partial charge in [0, 0.05) is 13.2 Å². The van der Waals surface area contributed by atoms with Gasteiger partial charge in [-0.1, -0.05) is 19.1 Å². The minimum atomic E-state index is 0.520. The smallest absolute Gasteiger partial charge is 0.0651 e. The molecule has 2 saturated carbocycles. The fourth-order valence-corrected chi connectivity index (χ4v) is 4.24. The molecule has 2 aliphatic carbocycles. The van der Waals surface area contributed by atoms with E-state index in [2.05, 4.69) is 26.0 Å². The van der Waals surface area contributed by atoms with Crippen molar-refractivity contribution >= 4 is 0 Å². The van der Waals surface area contributed by atoms with Crippen LogP contribution in [0.15, 0.2) is 12.2 Å². The second-order valence-electron chi connectivity index (χ2n) is 7.29. The van der Waals surface area contributed by atoms with E-state index in [1.54, 1.807) is 0 Å². The Morgan fingerprint density at radius 2 is 1.55 bits per heavy atom. The lowest BCUT2D eigenvalue weighted by Gasteiger charge is -2.37. The van der Waals surface area contributed by atoms with Gasteiger partial charge in [0.25, 0.3) is 0 Å². The number of hydrogen-bond donors (Lipinski definition) is 0. The van der Waals surface area contributed by atoms with Crippen LogP contribution in [0.4, 0.5) is 0 Å². The number of ether oxygens (including phenoxy) is 2. The molecular formula is C20H36O2. The highest BCUT2D eigenvalue weighted by Crippen LogP contribution is 2.40. The summed E-state index contributed by atoms with van der Waals surface area (Å²) in [6.45, 7) is 7.00. The van der Waals surface area contributed by atoms with Gasteiger partial charge in [0.1, 0.15) is 0 Å². The molecule has 0 unspecified atom stereocenters. The van der Waals surface area contributed by atoms with Gasteiger partial charge in [-0.15, -0.1) is 0 Å². The summed E-state index contributed by atoms with van der Waals surface area (Å²) in [5.74, 6) is 2.79. The Kier molecular flexibility index (Phi) is 8.54. The molecule has 0 radical (unpaired) electrons. The number of rotatable bonds is 8. The maximum atomic E-state index is 5.93. The quantitative estimate of drug-likeness (QED) is 0.443. The average Bonchev–Trinajstić information content (AvgIpc) is 2.57. The van der Waals surface area contributed by atoms with Gasteiger partial charge >= 0.3 is 0 Å². The molecule has 2 heteroatoms. The van der Waals surface area contributed by atoms with Gasteiger partial charge in [-0.3, -0.25) is 0 Å². The van der Waals surface area contributed by atoms with Crippen LogP contribution in [-0.2, 0) is 9.47 Å². The lowest BCUT2D eigenvalue weighted by molar-refractivity contribution is 0.0170. The summed E-state index contributed by atoms with van der Waals surface area (Å²) >= 11 is 0. The van der Waals surface area contributed by atoms with Gasteiger partial charge in [0.15, 0.2) is 0 Å². The molecule has 0 amide bonds. The summed E-state index contributed by atoms with van der Waals surface area (Å²) in [6, 6.07) is 0. The predicted octanol–water partition coefficient (Wildman–Crippen LogP) is 5.37. The third kappa shape index (κ3) is 6.04. The first-order valence-electron chi connectivity index (χ1n) is 9.64. The molecule has 0 aromatic carbocycles. The van der Waals surface area contributed by atoms with Crippen molar-refractivity contribution in [3.8, 4) is 0 Å². The molecule has 0 bridgehead atoms. The Labute approximate surface area is 137 Å². The summed E-state index contributed by atoms with van der Waals surface area (Å²) < 4.78 is 11.7. The summed E-state index contributed by atoms with van der Waals surface area (Å²) in [5, 5.41) is 0. The zero-order chi connectivity index (χ0) is 15.6. The second-order valence-corrected chi connectivity index (χ2v) is 7.29. The van der Waals surface area contributed by atoms with Crippen molar-refractivity contribution in [3.63, 3.8) is 0 Å². The molecule has 0 aromatic rings. The zero-order valence-electron chi connectivity index (χ0n) is 14.8. The van der Waals surface area contributed by atoms with E-state index in [1.165, 1.54) is 51.4 Å². The highest BCUT2D eigenvalue weighted by Gasteiger charge is 2.31. The van der Waals surface area contributed by atoms with E-state index in [9.17, 15) is 0 Å². The fraction of sp³-hybridized carbons (Fsp3) is 0.900. The van der Waals surface area contributed by atoms with Crippen LogP contribution in [-0.4, -0.2) is 25.9 Å². The molecule has 0 heterocycles. The third-order valence-corrected chi connectivity index (χ3v) is 5.64. The standard InChI is InChI=1S/C20H36O2/c1-3-5-15-22-20-12-10-19(11-13-20)18-8-6-17(7-9-18)16-21-14-4-2/h3,5,17-20H,4,6-16H2,1-2H3/t17-,18-,19-,20-. The summed E-state index contributed by atoms with van der Waals surface area (Å²) in [5.41, 5.74) is 0. The summed E-state index contributed by atoms with van der Waals surface area (Å²) in [4.78, 5) is 0. The van der Waals surface area contributed by atoms with Crippen LogP contribution >= 0.6 is 0 Å². The molecule has 0 spiro atoms. The highest BCUT2D eigenvalue weighted by atomic mass is 16.5. The third-order valence-electron chi connectivity index (χ3n) is 5.64. The van der Waals surface area contributed by atoms with Crippen LogP contribution in [0.3, 0.4) is 0 Å². The van der Waals surface area contributed by atoms with Crippen molar-refractivity contribution in [3.05, 3.63) is 12.2 Å². The van der Waals surface area contributed by atoms with Crippen LogP contribution in [0.1, 0.15) is 71.6 Å². The minimum absolute atomic E-state index is 0.520. The van der Waals surface area contributed by atoms with Crippen LogP contribution in [0.2, 0.25) is 0 Å². The van der Waals surface area contributed by atoms with Crippen molar-refractivity contribution in [2.75, 3.05) is 19.8 Å². The van der Waals surface area contributed by atoms with E-state index in [1.807, 2.05) is 0 Å². The largest absolute Gasteiger partial charge is 0.381 e. The van der Waals surface area contributed by atoms with Crippen molar-refractivity contribution in [2.45, 2.75) is 77.7 Å². The lowest BCUT2D eigenvalue weighted by Crippen LogP contribution is -2.29. The maximum absolute atomic E-state index is 5.93. The van der Waals surface area contributed by atoms with Crippen LogP contribution in [0.5, 0.6) is 0 Å². The van der Waals surface area contributed by atoms with Gasteiger partial charge in [-0.05, 0) is 82.5 Å². The van der Waals surface area contributed by atoms with E-state index < -0.39 is 0 Å². The number of allylic oxidation sites excluding steroid dienone is 1. The van der Waals surface area contributed by atoms with Crippen molar-refractivity contribution < 1.29 is 9.47 Å². The number of hydrogen-bond acceptors (Lipinski definition) is 2. The first-order valence-corrected chi connectivity index (χ1v) is 9.64. The second kappa shape index (κ2) is 10.4. The van der Waals surface area contributed by atoms with Crippen molar-refractivity contribution in [1.29, 1.82) is 0 Å². The molecule has 2 rings (SSSR count). The van der Waals surface area contributed by atoms with E-state index >= 15 is 0 Å². The van der Waals surface area contributed by atoms with Crippen LogP contribution < -0.4 is 0 Å². The molecule has 2 nitrogen and oxygen atoms in total. The van der Waals surface area contributed by atoms with E-state index in [0.29, 0.717) is 6.10 Å². The van der Waals surface area contributed by atoms with Crippen LogP contribution in [0, 0.1) is 17.8 Å². The zero-order valence-corrected chi connectivity index (χ0v) is 14.8. The molecular weight excluding hydrogens is 272 g/mol. The van der Waals surface area contributed by atoms with E-state index in [4.69, 9.17) is 9.47 Å². The van der Waals surface area contributed by atoms with Crippen molar-refractivity contribution in [2.24, 2.45) is 17.8 Å². The highest BCUT2D eigenvalue weighted by molar-refractivity contribution is 4.83. The molecule has 2 aliphatic rings. The average molecular weight is 309 g/mol. The summed E-state index contributed by atoms with van der Waals surface area (Å²) in [7, 11) is 0. The van der Waals surface area contributed by atoms with Crippen molar-refractivity contribution in [1.82, 2.24) is 0 Å². The molecule has 0 N–H and O–H groups in total. The molecule has 0 atom stereocenters. The maximum Gasteiger partial charge on any atom is 0.0651 e. The topological polar surface area (TPSA) is 18.5 Å². The molecule has 128 valence electrons. The molecule has 0 saturated heterocycles. The minimum Gasteiger partial charge on any atom is -0.381 e. The Hall–Kier alpha value is -0.340. The predicted molar refractivity (Wildman–Crippen MR) is 93.1 cm³/mol. The van der Waals surface area contributed by atoms with Gasteiger partial charge in [-0.2, -0.15) is 0 Å². The first-order chi connectivity index (χ1) is 10.8. The molecule has 22 heavy (non-hydrogen) atoms. The van der Waals surface area contributed by atoms with Gasteiger partial charge in [0.05, 0.1) is 12.7 Å². The lowest BCUT2D eigenvalue weighted by atomic mass is 9.71. The Bertz CT molecular complexity index is 297. The molecule has 0 aliphatic heterocycles. The van der Waals surface area contributed by atoms with Gasteiger partial charge in [0.2, 0.25) is 0 Å². The Morgan fingerprint density at radius 1 is 0.909 bits per heavy atom.